The van der Waals surface area contributed by atoms with E-state index in [1.165, 1.54) is 23.8 Å². The number of non-ortho nitro benzene ring substituents is 1. The second kappa shape index (κ2) is 10.1. The van der Waals surface area contributed by atoms with Crippen molar-refractivity contribution in [2.24, 2.45) is 4.99 Å². The maximum Gasteiger partial charge on any atom is 0.271 e. The van der Waals surface area contributed by atoms with E-state index >= 15 is 0 Å². The zero-order chi connectivity index (χ0) is 28.1. The first-order valence-corrected chi connectivity index (χ1v) is 13.9. The Bertz CT molecular complexity index is 1930. The molecular formula is C29H22BrN3O6S. The molecule has 1 unspecified atom stereocenters. The van der Waals surface area contributed by atoms with E-state index in [9.17, 15) is 20.0 Å². The highest BCUT2D eigenvalue weighted by Gasteiger charge is 2.34. The van der Waals surface area contributed by atoms with Gasteiger partial charge in [0, 0.05) is 28.8 Å². The predicted octanol–water partition coefficient (Wildman–Crippen LogP) is 4.71. The van der Waals surface area contributed by atoms with Crippen molar-refractivity contribution in [3.05, 3.63) is 117 Å². The number of allylic oxidation sites excluding steroid dienone is 1. The number of nitro groups is 1. The molecule has 202 valence electrons. The zero-order valence-corrected chi connectivity index (χ0v) is 23.8. The minimum atomic E-state index is -0.552. The number of nitrogens with zero attached hydrogens (tertiary/aromatic N) is 3. The van der Waals surface area contributed by atoms with E-state index in [1.807, 2.05) is 30.3 Å². The molecule has 2 aliphatic rings. The minimum absolute atomic E-state index is 0.149. The Hall–Kier alpha value is -4.22. The third-order valence-electron chi connectivity index (χ3n) is 7.18. The van der Waals surface area contributed by atoms with Crippen molar-refractivity contribution in [1.82, 2.24) is 4.57 Å². The van der Waals surface area contributed by atoms with Gasteiger partial charge in [0.25, 0.3) is 11.2 Å². The van der Waals surface area contributed by atoms with Crippen LogP contribution in [0, 0.1) is 10.1 Å². The lowest BCUT2D eigenvalue weighted by atomic mass is 9.83. The number of fused-ring (bicyclic) bond motifs is 3. The molecule has 1 N–H and O–H groups in total. The van der Waals surface area contributed by atoms with Crippen molar-refractivity contribution in [2.75, 3.05) is 14.2 Å². The van der Waals surface area contributed by atoms with Gasteiger partial charge in [-0.25, -0.2) is 4.99 Å². The van der Waals surface area contributed by atoms with Gasteiger partial charge in [-0.3, -0.25) is 19.5 Å². The molecule has 0 fully saturated rings. The summed E-state index contributed by atoms with van der Waals surface area (Å²) in [7, 11) is 3.17. The largest absolute Gasteiger partial charge is 0.506 e. The molecule has 6 rings (SSSR count). The quantitative estimate of drug-likeness (QED) is 0.255. The van der Waals surface area contributed by atoms with Gasteiger partial charge in [0.1, 0.15) is 17.2 Å². The van der Waals surface area contributed by atoms with Crippen LogP contribution in [0.15, 0.2) is 74.4 Å². The summed E-state index contributed by atoms with van der Waals surface area (Å²) in [5, 5.41) is 22.1. The van der Waals surface area contributed by atoms with E-state index in [4.69, 9.17) is 14.5 Å². The number of methoxy groups -OCH3 is 2. The lowest BCUT2D eigenvalue weighted by Gasteiger charge is -2.31. The fraction of sp³-hybridized carbons (Fsp3) is 0.172. The van der Waals surface area contributed by atoms with Crippen molar-refractivity contribution >= 4 is 44.7 Å². The van der Waals surface area contributed by atoms with Crippen LogP contribution in [-0.2, 0) is 6.42 Å². The Morgan fingerprint density at radius 3 is 2.70 bits per heavy atom. The molecule has 2 heterocycles. The summed E-state index contributed by atoms with van der Waals surface area (Å²) in [5.74, 6) is 1.03. The van der Waals surface area contributed by atoms with E-state index in [-0.39, 0.29) is 31.6 Å². The van der Waals surface area contributed by atoms with Gasteiger partial charge in [-0.15, -0.1) is 0 Å². The summed E-state index contributed by atoms with van der Waals surface area (Å²) >= 11 is 4.34. The van der Waals surface area contributed by atoms with Crippen LogP contribution in [0.5, 0.6) is 17.2 Å². The maximum atomic E-state index is 14.1. The summed E-state index contributed by atoms with van der Waals surface area (Å²) in [4.78, 5) is 30.4. The van der Waals surface area contributed by atoms with Gasteiger partial charge in [0.2, 0.25) is 0 Å². The molecule has 0 radical (unpaired) electrons. The number of aromatic nitrogens is 1. The average molecular weight is 620 g/mol. The van der Waals surface area contributed by atoms with Crippen molar-refractivity contribution in [3.8, 4) is 17.2 Å². The summed E-state index contributed by atoms with van der Waals surface area (Å²) < 4.78 is 13.3. The number of nitro benzene ring substituents is 1. The molecule has 0 bridgehead atoms. The fourth-order valence-corrected chi connectivity index (χ4v) is 6.77. The van der Waals surface area contributed by atoms with Gasteiger partial charge in [-0.1, -0.05) is 35.6 Å². The van der Waals surface area contributed by atoms with Crippen LogP contribution in [0.3, 0.4) is 0 Å². The van der Waals surface area contributed by atoms with Gasteiger partial charge < -0.3 is 14.6 Å². The summed E-state index contributed by atoms with van der Waals surface area (Å²) in [6.07, 6.45) is 2.96. The number of aromatic hydroxyl groups is 1. The van der Waals surface area contributed by atoms with E-state index in [1.54, 1.807) is 24.9 Å². The number of phenols is 1. The number of rotatable bonds is 5. The molecule has 1 aliphatic carbocycles. The SMILES string of the molecule is COc1ccc(OC)c(C2C3=C(N=c4sc(=Cc5cc([N+](=O)[O-])cc(Br)c5O)c(=O)n42)c2ccccc2CC3)c1. The van der Waals surface area contributed by atoms with Crippen LogP contribution in [0.4, 0.5) is 5.69 Å². The smallest absolute Gasteiger partial charge is 0.271 e. The summed E-state index contributed by atoms with van der Waals surface area (Å²) in [6.45, 7) is 0. The van der Waals surface area contributed by atoms with Gasteiger partial charge in [0.05, 0.1) is 39.9 Å². The molecular weight excluding hydrogens is 598 g/mol. The van der Waals surface area contributed by atoms with E-state index < -0.39 is 11.0 Å². The predicted molar refractivity (Wildman–Crippen MR) is 155 cm³/mol. The van der Waals surface area contributed by atoms with E-state index in [0.29, 0.717) is 22.7 Å². The molecule has 11 heteroatoms. The number of thiazole rings is 1. The third-order valence-corrected chi connectivity index (χ3v) is 8.77. The summed E-state index contributed by atoms with van der Waals surface area (Å²) in [6, 6.07) is 15.6. The van der Waals surface area contributed by atoms with Crippen LogP contribution in [0.1, 0.15) is 34.7 Å². The lowest BCUT2D eigenvalue weighted by molar-refractivity contribution is -0.385. The molecule has 9 nitrogen and oxygen atoms in total. The number of phenolic OH excluding ortho intramolecular Hbond substituents is 1. The fourth-order valence-electron chi connectivity index (χ4n) is 5.31. The number of aryl methyl sites for hydroxylation is 1. The van der Waals surface area contributed by atoms with Crippen molar-refractivity contribution in [2.45, 2.75) is 18.9 Å². The Morgan fingerprint density at radius 1 is 1.15 bits per heavy atom. The lowest BCUT2D eigenvalue weighted by Crippen LogP contribution is -2.39. The average Bonchev–Trinajstić information content (AvgIpc) is 3.27. The molecule has 1 aliphatic heterocycles. The molecule has 40 heavy (non-hydrogen) atoms. The van der Waals surface area contributed by atoms with E-state index in [2.05, 4.69) is 22.0 Å². The Balaban J connectivity index is 1.66. The monoisotopic (exact) mass is 619 g/mol. The number of benzene rings is 3. The molecule has 4 aromatic rings. The standard InChI is InChI=1S/C29H22BrN3O6S/c1-38-18-8-10-23(39-2)21(14-18)26-20-9-7-15-5-3-4-6-19(15)25(20)31-29-32(26)28(35)24(40-29)12-16-11-17(33(36)37)13-22(30)27(16)34/h3-6,8,10-14,26,34H,7,9H2,1-2H3. The highest BCUT2D eigenvalue weighted by molar-refractivity contribution is 9.10. The second-order valence-electron chi connectivity index (χ2n) is 9.34. The molecule has 0 amide bonds. The van der Waals surface area contributed by atoms with Gasteiger partial charge in [-0.2, -0.15) is 0 Å². The van der Waals surface area contributed by atoms with Crippen molar-refractivity contribution < 1.29 is 19.5 Å². The molecule has 0 saturated carbocycles. The molecule has 0 saturated heterocycles. The topological polar surface area (TPSA) is 116 Å². The third kappa shape index (κ3) is 4.22. The highest BCUT2D eigenvalue weighted by Crippen LogP contribution is 2.44. The number of halogens is 1. The normalized spacial score (nSPS) is 16.1. The molecule has 0 spiro atoms. The van der Waals surface area contributed by atoms with Crippen molar-refractivity contribution in [3.63, 3.8) is 0 Å². The number of hydrogen-bond acceptors (Lipinski definition) is 8. The highest BCUT2D eigenvalue weighted by atomic mass is 79.9. The van der Waals surface area contributed by atoms with Crippen LogP contribution in [-0.4, -0.2) is 28.8 Å². The van der Waals surface area contributed by atoms with Gasteiger partial charge in [-0.05, 0) is 64.2 Å². The Labute approximate surface area is 240 Å². The van der Waals surface area contributed by atoms with Crippen LogP contribution >= 0.6 is 27.3 Å². The molecule has 1 atom stereocenters. The first-order valence-electron chi connectivity index (χ1n) is 12.3. The van der Waals surface area contributed by atoms with Crippen LogP contribution in [0.25, 0.3) is 11.8 Å². The van der Waals surface area contributed by atoms with Crippen LogP contribution < -0.4 is 24.4 Å². The first kappa shape index (κ1) is 26.0. The minimum Gasteiger partial charge on any atom is -0.506 e. The Morgan fingerprint density at radius 2 is 1.95 bits per heavy atom. The van der Waals surface area contributed by atoms with Gasteiger partial charge >= 0.3 is 0 Å². The maximum absolute atomic E-state index is 14.1. The van der Waals surface area contributed by atoms with Crippen LogP contribution in [0.2, 0.25) is 0 Å². The number of hydrogen-bond donors (Lipinski definition) is 1. The number of ether oxygens (including phenoxy) is 2. The Kier molecular flexibility index (Phi) is 6.55. The molecule has 3 aromatic carbocycles. The molecule has 1 aromatic heterocycles. The summed E-state index contributed by atoms with van der Waals surface area (Å²) in [5.41, 5.74) is 4.39. The van der Waals surface area contributed by atoms with Gasteiger partial charge in [0.15, 0.2) is 4.80 Å². The van der Waals surface area contributed by atoms with E-state index in [0.717, 1.165) is 40.2 Å². The first-order chi connectivity index (χ1) is 19.3. The zero-order valence-electron chi connectivity index (χ0n) is 21.4. The second-order valence-corrected chi connectivity index (χ2v) is 11.2. The van der Waals surface area contributed by atoms with Crippen molar-refractivity contribution in [1.29, 1.82) is 0 Å².